The number of pyridine rings is 1. The second-order valence-corrected chi connectivity index (χ2v) is 5.36. The van der Waals surface area contributed by atoms with E-state index < -0.39 is 6.10 Å². The Balaban J connectivity index is 1.94. The zero-order valence-corrected chi connectivity index (χ0v) is 11.9. The molecule has 19 heavy (non-hydrogen) atoms. The summed E-state index contributed by atoms with van der Waals surface area (Å²) in [4.78, 5) is 4.40. The van der Waals surface area contributed by atoms with E-state index in [1.807, 2.05) is 41.2 Å². The molecule has 0 saturated heterocycles. The van der Waals surface area contributed by atoms with Gasteiger partial charge in [0.25, 0.3) is 0 Å². The monoisotopic (exact) mass is 276 g/mol. The summed E-state index contributed by atoms with van der Waals surface area (Å²) < 4.78 is 0. The number of aliphatic hydroxyl groups is 1. The Bertz CT molecular complexity index is 458. The lowest BCUT2D eigenvalue weighted by molar-refractivity contribution is 0.169. The molecular formula is C15H20N2OS. The summed E-state index contributed by atoms with van der Waals surface area (Å²) in [6.07, 6.45) is 3.47. The first-order valence-electron chi connectivity index (χ1n) is 6.65. The molecule has 0 aliphatic carbocycles. The van der Waals surface area contributed by atoms with Gasteiger partial charge in [-0.3, -0.25) is 4.98 Å². The van der Waals surface area contributed by atoms with Crippen LogP contribution in [0.2, 0.25) is 0 Å². The first-order valence-corrected chi connectivity index (χ1v) is 7.60. The molecule has 0 spiro atoms. The summed E-state index contributed by atoms with van der Waals surface area (Å²) in [6, 6.07) is 8.13. The average molecular weight is 276 g/mol. The van der Waals surface area contributed by atoms with Gasteiger partial charge < -0.3 is 10.4 Å². The number of hydrogen-bond donors (Lipinski definition) is 2. The van der Waals surface area contributed by atoms with E-state index in [0.29, 0.717) is 6.54 Å². The van der Waals surface area contributed by atoms with Gasteiger partial charge in [0, 0.05) is 18.8 Å². The van der Waals surface area contributed by atoms with E-state index in [1.54, 1.807) is 11.3 Å². The third kappa shape index (κ3) is 4.13. The minimum atomic E-state index is -0.450. The van der Waals surface area contributed by atoms with E-state index in [4.69, 9.17) is 0 Å². The predicted molar refractivity (Wildman–Crippen MR) is 79.2 cm³/mol. The fraction of sp³-hybridized carbons (Fsp3) is 0.400. The van der Waals surface area contributed by atoms with Gasteiger partial charge in [-0.15, -0.1) is 0 Å². The van der Waals surface area contributed by atoms with E-state index in [2.05, 4.69) is 17.2 Å². The van der Waals surface area contributed by atoms with E-state index >= 15 is 0 Å². The molecule has 0 fully saturated rings. The Morgan fingerprint density at radius 1 is 1.37 bits per heavy atom. The molecule has 0 aromatic carbocycles. The Labute approximate surface area is 118 Å². The molecule has 2 aromatic heterocycles. The molecule has 4 heteroatoms. The average Bonchev–Trinajstić information content (AvgIpc) is 2.98. The van der Waals surface area contributed by atoms with E-state index in [9.17, 15) is 5.11 Å². The van der Waals surface area contributed by atoms with Gasteiger partial charge in [0.05, 0.1) is 11.8 Å². The van der Waals surface area contributed by atoms with Gasteiger partial charge in [-0.1, -0.05) is 19.4 Å². The van der Waals surface area contributed by atoms with Crippen molar-refractivity contribution in [3.8, 4) is 0 Å². The van der Waals surface area contributed by atoms with Gasteiger partial charge in [0.1, 0.15) is 0 Å². The highest BCUT2D eigenvalue weighted by Gasteiger charge is 2.14. The first kappa shape index (κ1) is 14.2. The van der Waals surface area contributed by atoms with Gasteiger partial charge in [-0.05, 0) is 40.9 Å². The molecule has 0 radical (unpaired) electrons. The van der Waals surface area contributed by atoms with Crippen molar-refractivity contribution in [2.24, 2.45) is 0 Å². The third-order valence-corrected chi connectivity index (χ3v) is 3.81. The number of aromatic nitrogens is 1. The molecule has 102 valence electrons. The van der Waals surface area contributed by atoms with Gasteiger partial charge in [-0.25, -0.2) is 0 Å². The van der Waals surface area contributed by atoms with Gasteiger partial charge in [-0.2, -0.15) is 11.3 Å². The second kappa shape index (κ2) is 7.38. The quantitative estimate of drug-likeness (QED) is 0.815. The minimum absolute atomic E-state index is 0.208. The topological polar surface area (TPSA) is 45.1 Å². The van der Waals surface area contributed by atoms with Crippen molar-refractivity contribution >= 4 is 11.3 Å². The smallest absolute Gasteiger partial charge is 0.0922 e. The standard InChI is InChI=1S/C15H20N2OS/c1-2-5-13(14-6-3-4-8-16-14)17-10-15(18)12-7-9-19-11-12/h3-4,6-9,11,13,15,17-18H,2,5,10H2,1H3. The normalized spacial score (nSPS) is 14.2. The molecule has 0 aliphatic heterocycles. The van der Waals surface area contributed by atoms with Crippen LogP contribution in [-0.2, 0) is 0 Å². The Morgan fingerprint density at radius 2 is 2.26 bits per heavy atom. The van der Waals surface area contributed by atoms with E-state index in [1.165, 1.54) is 0 Å². The maximum absolute atomic E-state index is 10.1. The van der Waals surface area contributed by atoms with E-state index in [0.717, 1.165) is 24.1 Å². The summed E-state index contributed by atoms with van der Waals surface area (Å²) in [5.41, 5.74) is 2.02. The van der Waals surface area contributed by atoms with Crippen LogP contribution in [0.5, 0.6) is 0 Å². The fourth-order valence-corrected chi connectivity index (χ4v) is 2.77. The van der Waals surface area contributed by atoms with Crippen molar-refractivity contribution in [1.82, 2.24) is 10.3 Å². The summed E-state index contributed by atoms with van der Waals surface area (Å²) in [5.74, 6) is 0. The number of rotatable bonds is 7. The van der Waals surface area contributed by atoms with Crippen LogP contribution in [0.15, 0.2) is 41.2 Å². The summed E-state index contributed by atoms with van der Waals surface area (Å²) in [7, 11) is 0. The zero-order valence-electron chi connectivity index (χ0n) is 11.1. The van der Waals surface area contributed by atoms with E-state index in [-0.39, 0.29) is 6.04 Å². The second-order valence-electron chi connectivity index (χ2n) is 4.58. The lowest BCUT2D eigenvalue weighted by Crippen LogP contribution is -2.27. The summed E-state index contributed by atoms with van der Waals surface area (Å²) >= 11 is 1.61. The van der Waals surface area contributed by atoms with Crippen molar-refractivity contribution < 1.29 is 5.11 Å². The molecule has 2 N–H and O–H groups in total. The molecule has 2 heterocycles. The maximum Gasteiger partial charge on any atom is 0.0922 e. The highest BCUT2D eigenvalue weighted by atomic mass is 32.1. The van der Waals surface area contributed by atoms with Gasteiger partial charge in [0.2, 0.25) is 0 Å². The molecular weight excluding hydrogens is 256 g/mol. The van der Waals surface area contributed by atoms with Crippen LogP contribution >= 0.6 is 11.3 Å². The predicted octanol–water partition coefficient (Wildman–Crippen LogP) is 3.31. The lowest BCUT2D eigenvalue weighted by Gasteiger charge is -2.19. The molecule has 3 nitrogen and oxygen atoms in total. The number of nitrogens with zero attached hydrogens (tertiary/aromatic N) is 1. The van der Waals surface area contributed by atoms with Crippen molar-refractivity contribution in [2.45, 2.75) is 31.9 Å². The lowest BCUT2D eigenvalue weighted by atomic mass is 10.1. The van der Waals surface area contributed by atoms with Crippen LogP contribution in [-0.4, -0.2) is 16.6 Å². The highest BCUT2D eigenvalue weighted by molar-refractivity contribution is 7.07. The number of nitrogens with one attached hydrogen (secondary N) is 1. The zero-order chi connectivity index (χ0) is 13.5. The minimum Gasteiger partial charge on any atom is -0.387 e. The third-order valence-electron chi connectivity index (χ3n) is 3.11. The summed E-state index contributed by atoms with van der Waals surface area (Å²) in [6.45, 7) is 2.71. The Hall–Kier alpha value is -1.23. The molecule has 0 saturated carbocycles. The molecule has 2 atom stereocenters. The molecule has 2 aromatic rings. The van der Waals surface area contributed by atoms with Crippen LogP contribution in [0.3, 0.4) is 0 Å². The Kier molecular flexibility index (Phi) is 5.51. The number of aliphatic hydroxyl groups excluding tert-OH is 1. The van der Waals surface area contributed by atoms with Crippen molar-refractivity contribution in [3.63, 3.8) is 0 Å². The van der Waals surface area contributed by atoms with Crippen molar-refractivity contribution in [1.29, 1.82) is 0 Å². The fourth-order valence-electron chi connectivity index (χ4n) is 2.06. The number of thiophene rings is 1. The maximum atomic E-state index is 10.1. The summed E-state index contributed by atoms with van der Waals surface area (Å²) in [5, 5.41) is 17.5. The van der Waals surface area contributed by atoms with Crippen LogP contribution in [0.1, 0.15) is 43.2 Å². The molecule has 0 aliphatic rings. The molecule has 0 amide bonds. The van der Waals surface area contributed by atoms with Crippen molar-refractivity contribution in [3.05, 3.63) is 52.5 Å². The van der Waals surface area contributed by atoms with Crippen molar-refractivity contribution in [2.75, 3.05) is 6.54 Å². The molecule has 2 unspecified atom stereocenters. The molecule has 0 bridgehead atoms. The van der Waals surface area contributed by atoms with Gasteiger partial charge in [0.15, 0.2) is 0 Å². The number of hydrogen-bond acceptors (Lipinski definition) is 4. The van der Waals surface area contributed by atoms with Crippen LogP contribution in [0, 0.1) is 0 Å². The van der Waals surface area contributed by atoms with Crippen LogP contribution in [0.4, 0.5) is 0 Å². The largest absolute Gasteiger partial charge is 0.387 e. The van der Waals surface area contributed by atoms with Gasteiger partial charge >= 0.3 is 0 Å². The van der Waals surface area contributed by atoms with Crippen LogP contribution in [0.25, 0.3) is 0 Å². The first-order chi connectivity index (χ1) is 9.31. The SMILES string of the molecule is CCCC(NCC(O)c1ccsc1)c1ccccn1. The Morgan fingerprint density at radius 3 is 2.89 bits per heavy atom. The highest BCUT2D eigenvalue weighted by Crippen LogP contribution is 2.19. The van der Waals surface area contributed by atoms with Crippen LogP contribution < -0.4 is 5.32 Å². The molecule has 2 rings (SSSR count).